The van der Waals surface area contributed by atoms with E-state index in [0.29, 0.717) is 5.11 Å². The van der Waals surface area contributed by atoms with Gasteiger partial charge in [0.25, 0.3) is 0 Å². The predicted octanol–water partition coefficient (Wildman–Crippen LogP) is 4.17. The number of hydrogen-bond acceptors (Lipinski definition) is 1. The van der Waals surface area contributed by atoms with Gasteiger partial charge in [0.05, 0.1) is 0 Å². The van der Waals surface area contributed by atoms with Crippen molar-refractivity contribution < 1.29 is 0 Å². The molecule has 0 bridgehead atoms. The van der Waals surface area contributed by atoms with Gasteiger partial charge in [-0.25, -0.2) is 0 Å². The molecule has 0 aliphatic heterocycles. The monoisotopic (exact) mass is 298 g/mol. The first kappa shape index (κ1) is 15.5. The molecule has 0 spiro atoms. The van der Waals surface area contributed by atoms with E-state index in [-0.39, 0.29) is 0 Å². The summed E-state index contributed by atoms with van der Waals surface area (Å²) in [6, 6.07) is 18.9. The standard InChI is InChI=1S/C18H22N2S/c1-2-15-10-6-12-17(14-15)20-18(21)19-13-7-11-16-8-4-3-5-9-16/h3-6,8-10,12,14H,2,7,11,13H2,1H3,(H2,19,20,21). The van der Waals surface area contributed by atoms with Crippen LogP contribution >= 0.6 is 12.2 Å². The summed E-state index contributed by atoms with van der Waals surface area (Å²) in [6.45, 7) is 3.04. The number of aryl methyl sites for hydroxylation is 2. The van der Waals surface area contributed by atoms with E-state index < -0.39 is 0 Å². The van der Waals surface area contributed by atoms with Crippen LogP contribution in [0.1, 0.15) is 24.5 Å². The Hall–Kier alpha value is -1.87. The molecule has 0 fully saturated rings. The molecule has 2 rings (SSSR count). The highest BCUT2D eigenvalue weighted by atomic mass is 32.1. The van der Waals surface area contributed by atoms with Gasteiger partial charge in [-0.15, -0.1) is 0 Å². The maximum Gasteiger partial charge on any atom is 0.170 e. The minimum absolute atomic E-state index is 0.691. The van der Waals surface area contributed by atoms with E-state index in [1.165, 1.54) is 11.1 Å². The SMILES string of the molecule is CCc1cccc(NC(=S)NCCCc2ccccc2)c1. The molecule has 110 valence electrons. The number of rotatable bonds is 6. The first-order valence-corrected chi connectivity index (χ1v) is 7.86. The molecule has 3 heteroatoms. The smallest absolute Gasteiger partial charge is 0.170 e. The molecule has 2 aromatic rings. The topological polar surface area (TPSA) is 24.1 Å². The van der Waals surface area contributed by atoms with E-state index in [0.717, 1.165) is 31.5 Å². The molecule has 0 heterocycles. The zero-order valence-electron chi connectivity index (χ0n) is 12.4. The molecule has 0 atom stereocenters. The highest BCUT2D eigenvalue weighted by molar-refractivity contribution is 7.80. The Morgan fingerprint density at radius 3 is 2.52 bits per heavy atom. The molecule has 0 radical (unpaired) electrons. The lowest BCUT2D eigenvalue weighted by Gasteiger charge is -2.11. The first-order chi connectivity index (χ1) is 10.3. The van der Waals surface area contributed by atoms with Crippen molar-refractivity contribution in [2.24, 2.45) is 0 Å². The Morgan fingerprint density at radius 2 is 1.76 bits per heavy atom. The van der Waals surface area contributed by atoms with Gasteiger partial charge in [0.15, 0.2) is 5.11 Å². The summed E-state index contributed by atoms with van der Waals surface area (Å²) in [7, 11) is 0. The fourth-order valence-corrected chi connectivity index (χ4v) is 2.40. The molecule has 0 aromatic heterocycles. The van der Waals surface area contributed by atoms with Crippen LogP contribution in [0.25, 0.3) is 0 Å². The second kappa shape index (κ2) is 8.42. The highest BCUT2D eigenvalue weighted by Gasteiger charge is 1.98. The Kier molecular flexibility index (Phi) is 6.22. The summed E-state index contributed by atoms with van der Waals surface area (Å²) in [5.41, 5.74) is 3.73. The molecule has 0 unspecified atom stereocenters. The van der Waals surface area contributed by atoms with Crippen molar-refractivity contribution in [1.82, 2.24) is 5.32 Å². The van der Waals surface area contributed by atoms with E-state index in [4.69, 9.17) is 12.2 Å². The number of nitrogens with one attached hydrogen (secondary N) is 2. The van der Waals surface area contributed by atoms with Crippen molar-refractivity contribution in [2.75, 3.05) is 11.9 Å². The largest absolute Gasteiger partial charge is 0.362 e. The number of anilines is 1. The molecule has 2 N–H and O–H groups in total. The van der Waals surface area contributed by atoms with Gasteiger partial charge in [-0.3, -0.25) is 0 Å². The third kappa shape index (κ3) is 5.56. The lowest BCUT2D eigenvalue weighted by molar-refractivity contribution is 0.777. The van der Waals surface area contributed by atoms with Gasteiger partial charge in [-0.05, 0) is 54.7 Å². The zero-order chi connectivity index (χ0) is 14.9. The fourth-order valence-electron chi connectivity index (χ4n) is 2.18. The number of thiocarbonyl (C=S) groups is 1. The first-order valence-electron chi connectivity index (χ1n) is 7.45. The van der Waals surface area contributed by atoms with Crippen molar-refractivity contribution in [2.45, 2.75) is 26.2 Å². The van der Waals surface area contributed by atoms with Crippen molar-refractivity contribution in [3.05, 3.63) is 65.7 Å². The number of benzene rings is 2. The molecule has 0 amide bonds. The molecule has 0 saturated heterocycles. The maximum absolute atomic E-state index is 5.32. The van der Waals surface area contributed by atoms with Crippen LogP contribution < -0.4 is 10.6 Å². The molecule has 21 heavy (non-hydrogen) atoms. The summed E-state index contributed by atoms with van der Waals surface area (Å²) in [5, 5.41) is 7.19. The normalized spacial score (nSPS) is 10.1. The van der Waals surface area contributed by atoms with Crippen LogP contribution in [0.15, 0.2) is 54.6 Å². The Morgan fingerprint density at radius 1 is 1.00 bits per heavy atom. The Bertz CT molecular complexity index is 566. The Balaban J connectivity index is 1.70. The third-order valence-electron chi connectivity index (χ3n) is 3.36. The Labute approximate surface area is 132 Å². The predicted molar refractivity (Wildman–Crippen MR) is 94.8 cm³/mol. The molecule has 2 aromatic carbocycles. The summed E-state index contributed by atoms with van der Waals surface area (Å²) in [5.74, 6) is 0. The second-order valence-electron chi connectivity index (χ2n) is 5.02. The van der Waals surface area contributed by atoms with E-state index in [9.17, 15) is 0 Å². The van der Waals surface area contributed by atoms with Gasteiger partial charge < -0.3 is 10.6 Å². The molecule has 0 aliphatic carbocycles. The van der Waals surface area contributed by atoms with Gasteiger partial charge >= 0.3 is 0 Å². The van der Waals surface area contributed by atoms with Crippen LogP contribution in [0.2, 0.25) is 0 Å². The van der Waals surface area contributed by atoms with Crippen molar-refractivity contribution in [3.63, 3.8) is 0 Å². The van der Waals surface area contributed by atoms with Gasteiger partial charge in [0.1, 0.15) is 0 Å². The van der Waals surface area contributed by atoms with Crippen LogP contribution in [-0.4, -0.2) is 11.7 Å². The van der Waals surface area contributed by atoms with Crippen LogP contribution in [0.5, 0.6) is 0 Å². The van der Waals surface area contributed by atoms with E-state index >= 15 is 0 Å². The second-order valence-corrected chi connectivity index (χ2v) is 5.43. The van der Waals surface area contributed by atoms with E-state index in [1.807, 2.05) is 12.1 Å². The quantitative estimate of drug-likeness (QED) is 0.618. The third-order valence-corrected chi connectivity index (χ3v) is 3.61. The van der Waals surface area contributed by atoms with Gasteiger partial charge in [-0.1, -0.05) is 49.4 Å². The lowest BCUT2D eigenvalue weighted by Crippen LogP contribution is -2.29. The summed E-state index contributed by atoms with van der Waals surface area (Å²) >= 11 is 5.32. The summed E-state index contributed by atoms with van der Waals surface area (Å²) < 4.78 is 0. The average Bonchev–Trinajstić information content (AvgIpc) is 2.53. The average molecular weight is 298 g/mol. The minimum Gasteiger partial charge on any atom is -0.362 e. The van der Waals surface area contributed by atoms with E-state index in [2.05, 4.69) is 60.0 Å². The minimum atomic E-state index is 0.691. The molecular formula is C18H22N2S. The van der Waals surface area contributed by atoms with Crippen molar-refractivity contribution in [1.29, 1.82) is 0 Å². The maximum atomic E-state index is 5.32. The van der Waals surface area contributed by atoms with Gasteiger partial charge in [0, 0.05) is 12.2 Å². The van der Waals surface area contributed by atoms with Crippen LogP contribution in [0.4, 0.5) is 5.69 Å². The van der Waals surface area contributed by atoms with E-state index in [1.54, 1.807) is 0 Å². The summed E-state index contributed by atoms with van der Waals surface area (Å²) in [6.07, 6.45) is 3.18. The van der Waals surface area contributed by atoms with Crippen molar-refractivity contribution in [3.8, 4) is 0 Å². The van der Waals surface area contributed by atoms with Crippen LogP contribution in [0.3, 0.4) is 0 Å². The lowest BCUT2D eigenvalue weighted by atomic mass is 10.1. The molecular weight excluding hydrogens is 276 g/mol. The van der Waals surface area contributed by atoms with Crippen molar-refractivity contribution >= 4 is 23.0 Å². The summed E-state index contributed by atoms with van der Waals surface area (Å²) in [4.78, 5) is 0. The zero-order valence-corrected chi connectivity index (χ0v) is 13.2. The molecule has 0 aliphatic rings. The number of hydrogen-bond donors (Lipinski definition) is 2. The van der Waals surface area contributed by atoms with Gasteiger partial charge in [-0.2, -0.15) is 0 Å². The van der Waals surface area contributed by atoms with Gasteiger partial charge in [0.2, 0.25) is 0 Å². The fraction of sp³-hybridized carbons (Fsp3) is 0.278. The molecule has 0 saturated carbocycles. The highest BCUT2D eigenvalue weighted by Crippen LogP contribution is 2.10. The molecule has 2 nitrogen and oxygen atoms in total. The van der Waals surface area contributed by atoms with Crippen LogP contribution in [0, 0.1) is 0 Å². The van der Waals surface area contributed by atoms with Crippen LogP contribution in [-0.2, 0) is 12.8 Å².